The van der Waals surface area contributed by atoms with Crippen molar-refractivity contribution in [3.63, 3.8) is 0 Å². The van der Waals surface area contributed by atoms with Crippen molar-refractivity contribution in [1.82, 2.24) is 4.90 Å². The maximum absolute atomic E-state index is 6.19. The van der Waals surface area contributed by atoms with Gasteiger partial charge in [0.15, 0.2) is 0 Å². The first-order valence-electron chi connectivity index (χ1n) is 6.28. The molecule has 0 saturated carbocycles. The van der Waals surface area contributed by atoms with Crippen LogP contribution in [0.25, 0.3) is 0 Å². The number of nitrogens with zero attached hydrogens (tertiary/aromatic N) is 1. The highest BCUT2D eigenvalue weighted by atomic mass is 32.1. The average Bonchev–Trinajstić information content (AvgIpc) is 2.88. The van der Waals surface area contributed by atoms with Gasteiger partial charge < -0.3 is 5.73 Å². The van der Waals surface area contributed by atoms with Crippen LogP contribution in [-0.4, -0.2) is 23.5 Å². The van der Waals surface area contributed by atoms with Gasteiger partial charge in [0.05, 0.1) is 6.04 Å². The van der Waals surface area contributed by atoms with E-state index in [1.165, 1.54) is 30.7 Å². The molecule has 1 aromatic heterocycles. The molecule has 1 aromatic rings. The first-order chi connectivity index (χ1) is 7.74. The topological polar surface area (TPSA) is 29.3 Å². The molecule has 2 N–H and O–H groups in total. The van der Waals surface area contributed by atoms with Crippen LogP contribution < -0.4 is 5.73 Å². The summed E-state index contributed by atoms with van der Waals surface area (Å²) in [6.07, 6.45) is 3.91. The maximum Gasteiger partial charge on any atom is 0.0593 e. The molecule has 0 radical (unpaired) electrons. The summed E-state index contributed by atoms with van der Waals surface area (Å²) in [5, 5.41) is 2.15. The van der Waals surface area contributed by atoms with E-state index in [0.717, 1.165) is 6.04 Å². The number of hydrogen-bond acceptors (Lipinski definition) is 3. The third kappa shape index (κ3) is 2.31. The van der Waals surface area contributed by atoms with Crippen LogP contribution in [0.3, 0.4) is 0 Å². The molecule has 0 aromatic carbocycles. The van der Waals surface area contributed by atoms with Gasteiger partial charge in [-0.3, -0.25) is 4.90 Å². The number of rotatable bonds is 4. The lowest BCUT2D eigenvalue weighted by molar-refractivity contribution is 0.160. The molecule has 2 heterocycles. The van der Waals surface area contributed by atoms with Gasteiger partial charge in [-0.2, -0.15) is 0 Å². The minimum atomic E-state index is 0.214. The van der Waals surface area contributed by atoms with E-state index in [0.29, 0.717) is 6.04 Å². The summed E-state index contributed by atoms with van der Waals surface area (Å²) in [7, 11) is 0. The predicted octanol–water partition coefficient (Wildman–Crippen LogP) is 3.01. The summed E-state index contributed by atoms with van der Waals surface area (Å²) in [4.78, 5) is 4.05. The molecule has 0 aliphatic carbocycles. The summed E-state index contributed by atoms with van der Waals surface area (Å²) in [6.45, 7) is 5.63. The second-order valence-corrected chi connectivity index (χ2v) is 5.74. The van der Waals surface area contributed by atoms with Gasteiger partial charge in [-0.25, -0.2) is 0 Å². The van der Waals surface area contributed by atoms with Crippen LogP contribution in [0.1, 0.15) is 44.0 Å². The fourth-order valence-electron chi connectivity index (χ4n) is 2.85. The normalized spacial score (nSPS) is 25.8. The van der Waals surface area contributed by atoms with Crippen LogP contribution in [0, 0.1) is 0 Å². The monoisotopic (exact) mass is 238 g/mol. The predicted molar refractivity (Wildman–Crippen MR) is 70.7 cm³/mol. The lowest BCUT2D eigenvalue weighted by Crippen LogP contribution is -2.41. The molecule has 3 heteroatoms. The van der Waals surface area contributed by atoms with E-state index >= 15 is 0 Å². The quantitative estimate of drug-likeness (QED) is 0.873. The van der Waals surface area contributed by atoms with Crippen molar-refractivity contribution in [3.8, 4) is 0 Å². The van der Waals surface area contributed by atoms with Crippen molar-refractivity contribution in [1.29, 1.82) is 0 Å². The van der Waals surface area contributed by atoms with Crippen molar-refractivity contribution in [2.24, 2.45) is 5.73 Å². The van der Waals surface area contributed by atoms with Crippen LogP contribution in [0.2, 0.25) is 0 Å². The third-order valence-electron chi connectivity index (χ3n) is 3.58. The molecule has 2 nitrogen and oxygen atoms in total. The van der Waals surface area contributed by atoms with Crippen molar-refractivity contribution in [3.05, 3.63) is 22.4 Å². The molecule has 1 saturated heterocycles. The molecule has 3 unspecified atom stereocenters. The van der Waals surface area contributed by atoms with Gasteiger partial charge in [0.25, 0.3) is 0 Å². The Bertz CT molecular complexity index is 308. The molecule has 2 rings (SSSR count). The van der Waals surface area contributed by atoms with Crippen molar-refractivity contribution >= 4 is 11.3 Å². The van der Waals surface area contributed by atoms with E-state index < -0.39 is 0 Å². The first-order valence-corrected chi connectivity index (χ1v) is 7.16. The Morgan fingerprint density at radius 3 is 3.00 bits per heavy atom. The number of likely N-dealkylation sites (tertiary alicyclic amines) is 1. The smallest absolute Gasteiger partial charge is 0.0593 e. The number of hydrogen-bond donors (Lipinski definition) is 1. The Labute approximate surface area is 102 Å². The summed E-state index contributed by atoms with van der Waals surface area (Å²) in [5.74, 6) is 0. The molecule has 1 fully saturated rings. The Hall–Kier alpha value is -0.380. The van der Waals surface area contributed by atoms with Crippen LogP contribution in [0.5, 0.6) is 0 Å². The Morgan fingerprint density at radius 2 is 2.44 bits per heavy atom. The van der Waals surface area contributed by atoms with Crippen LogP contribution in [-0.2, 0) is 0 Å². The molecule has 0 spiro atoms. The van der Waals surface area contributed by atoms with Gasteiger partial charge in [0.2, 0.25) is 0 Å². The summed E-state index contributed by atoms with van der Waals surface area (Å²) >= 11 is 1.84. The largest absolute Gasteiger partial charge is 0.326 e. The molecule has 1 aliphatic heterocycles. The lowest BCUT2D eigenvalue weighted by Gasteiger charge is -2.34. The highest BCUT2D eigenvalue weighted by molar-refractivity contribution is 7.10. The zero-order chi connectivity index (χ0) is 11.5. The van der Waals surface area contributed by atoms with E-state index in [-0.39, 0.29) is 6.04 Å². The Kier molecular flexibility index (Phi) is 4.00. The second-order valence-electron chi connectivity index (χ2n) is 4.76. The third-order valence-corrected chi connectivity index (χ3v) is 4.53. The molecule has 3 atom stereocenters. The minimum absolute atomic E-state index is 0.214. The SMILES string of the molecule is CCC1CCCN1C(c1cccs1)C(C)N. The van der Waals surface area contributed by atoms with Crippen LogP contribution >= 0.6 is 11.3 Å². The van der Waals surface area contributed by atoms with Gasteiger partial charge in [-0.05, 0) is 44.2 Å². The van der Waals surface area contributed by atoms with E-state index in [2.05, 4.69) is 36.3 Å². The summed E-state index contributed by atoms with van der Waals surface area (Å²) < 4.78 is 0. The van der Waals surface area contributed by atoms with Crippen molar-refractivity contribution in [2.75, 3.05) is 6.54 Å². The van der Waals surface area contributed by atoms with Crippen LogP contribution in [0.4, 0.5) is 0 Å². The summed E-state index contributed by atoms with van der Waals surface area (Å²) in [6, 6.07) is 5.73. The fourth-order valence-corrected chi connectivity index (χ4v) is 3.81. The second kappa shape index (κ2) is 5.30. The fraction of sp³-hybridized carbons (Fsp3) is 0.692. The molecular weight excluding hydrogens is 216 g/mol. The summed E-state index contributed by atoms with van der Waals surface area (Å²) in [5.41, 5.74) is 6.19. The molecule has 16 heavy (non-hydrogen) atoms. The average molecular weight is 238 g/mol. The highest BCUT2D eigenvalue weighted by Gasteiger charge is 2.32. The molecule has 0 amide bonds. The van der Waals surface area contributed by atoms with Crippen molar-refractivity contribution in [2.45, 2.75) is 51.2 Å². The van der Waals surface area contributed by atoms with Gasteiger partial charge in [0.1, 0.15) is 0 Å². The molecular formula is C13H22N2S. The van der Waals surface area contributed by atoms with E-state index in [9.17, 15) is 0 Å². The zero-order valence-electron chi connectivity index (χ0n) is 10.2. The van der Waals surface area contributed by atoms with E-state index in [1.807, 2.05) is 11.3 Å². The van der Waals surface area contributed by atoms with Gasteiger partial charge in [-0.1, -0.05) is 13.0 Å². The van der Waals surface area contributed by atoms with Crippen molar-refractivity contribution < 1.29 is 0 Å². The molecule has 0 bridgehead atoms. The number of thiophene rings is 1. The first kappa shape index (κ1) is 12.1. The number of nitrogens with two attached hydrogens (primary N) is 1. The van der Waals surface area contributed by atoms with Gasteiger partial charge in [-0.15, -0.1) is 11.3 Å². The van der Waals surface area contributed by atoms with E-state index in [4.69, 9.17) is 5.73 Å². The molecule has 90 valence electrons. The zero-order valence-corrected chi connectivity index (χ0v) is 11.0. The highest BCUT2D eigenvalue weighted by Crippen LogP contribution is 2.34. The molecule has 1 aliphatic rings. The minimum Gasteiger partial charge on any atom is -0.326 e. The van der Waals surface area contributed by atoms with Crippen LogP contribution in [0.15, 0.2) is 17.5 Å². The van der Waals surface area contributed by atoms with Gasteiger partial charge >= 0.3 is 0 Å². The maximum atomic E-state index is 6.19. The lowest BCUT2D eigenvalue weighted by atomic mass is 10.0. The van der Waals surface area contributed by atoms with E-state index in [1.54, 1.807) is 0 Å². The Balaban J connectivity index is 2.19. The van der Waals surface area contributed by atoms with Gasteiger partial charge in [0, 0.05) is 17.0 Å². The standard InChI is InChI=1S/C13H22N2S/c1-3-11-6-4-8-15(11)13(10(2)14)12-7-5-9-16-12/h5,7,9-11,13H,3-4,6,8,14H2,1-2H3. The Morgan fingerprint density at radius 1 is 1.62 bits per heavy atom.